The van der Waals surface area contributed by atoms with Crippen molar-refractivity contribution in [2.45, 2.75) is 17.9 Å². The third-order valence-electron chi connectivity index (χ3n) is 3.49. The molecule has 0 bridgehead atoms. The van der Waals surface area contributed by atoms with Gasteiger partial charge in [-0.1, -0.05) is 23.7 Å². The first-order chi connectivity index (χ1) is 12.3. The van der Waals surface area contributed by atoms with E-state index in [1.807, 2.05) is 0 Å². The third kappa shape index (κ3) is 4.83. The molecule has 26 heavy (non-hydrogen) atoms. The minimum atomic E-state index is -1.36. The van der Waals surface area contributed by atoms with Crippen LogP contribution in [0.4, 0.5) is 5.69 Å². The summed E-state index contributed by atoms with van der Waals surface area (Å²) in [7, 11) is 0.105. The van der Waals surface area contributed by atoms with Crippen molar-refractivity contribution >= 4 is 40.0 Å². The molecule has 2 rings (SSSR count). The van der Waals surface area contributed by atoms with E-state index < -0.39 is 28.8 Å². The van der Waals surface area contributed by atoms with Crippen molar-refractivity contribution in [1.29, 1.82) is 0 Å². The number of anilines is 1. The fourth-order valence-corrected chi connectivity index (χ4v) is 3.08. The van der Waals surface area contributed by atoms with Crippen molar-refractivity contribution in [3.8, 4) is 5.75 Å². The molecule has 0 aliphatic carbocycles. The first-order valence-electron chi connectivity index (χ1n) is 7.61. The Hall–Kier alpha value is -2.38. The van der Waals surface area contributed by atoms with Crippen LogP contribution in [0.3, 0.4) is 0 Å². The number of carbonyl (C=O) groups is 2. The molecule has 0 saturated carbocycles. The van der Waals surface area contributed by atoms with Crippen molar-refractivity contribution in [1.82, 2.24) is 0 Å². The van der Waals surface area contributed by atoms with Gasteiger partial charge in [-0.15, -0.1) is 0 Å². The number of rotatable bonds is 6. The minimum absolute atomic E-state index is 0.160. The van der Waals surface area contributed by atoms with Gasteiger partial charge in [0, 0.05) is 11.3 Å². The van der Waals surface area contributed by atoms with E-state index in [0.29, 0.717) is 21.4 Å². The molecule has 0 aliphatic heterocycles. The van der Waals surface area contributed by atoms with E-state index in [9.17, 15) is 13.8 Å². The van der Waals surface area contributed by atoms with Crippen LogP contribution < -0.4 is 10.1 Å². The number of methoxy groups -OCH3 is 1. The molecular weight excluding hydrogens is 378 g/mol. The quantitative estimate of drug-likeness (QED) is 0.759. The molecule has 6 nitrogen and oxygen atoms in total. The van der Waals surface area contributed by atoms with Crippen molar-refractivity contribution in [2.75, 3.05) is 18.7 Å². The summed E-state index contributed by atoms with van der Waals surface area (Å²) in [6, 6.07) is 11.2. The van der Waals surface area contributed by atoms with Gasteiger partial charge in [0.15, 0.2) is 6.10 Å². The number of esters is 1. The van der Waals surface area contributed by atoms with Crippen LogP contribution in [0.2, 0.25) is 5.02 Å². The molecular formula is C18H18ClNO5S. The molecule has 2 aromatic carbocycles. The summed E-state index contributed by atoms with van der Waals surface area (Å²) in [6.45, 7) is 1.44. The maximum Gasteiger partial charge on any atom is 0.340 e. The Morgan fingerprint density at radius 1 is 1.19 bits per heavy atom. The van der Waals surface area contributed by atoms with Crippen molar-refractivity contribution in [2.24, 2.45) is 0 Å². The molecule has 0 aromatic heterocycles. The van der Waals surface area contributed by atoms with E-state index >= 15 is 0 Å². The zero-order valence-corrected chi connectivity index (χ0v) is 16.0. The Kier molecular flexibility index (Phi) is 6.76. The van der Waals surface area contributed by atoms with Crippen LogP contribution in [-0.2, 0) is 20.3 Å². The lowest BCUT2D eigenvalue weighted by Gasteiger charge is -2.16. The lowest BCUT2D eigenvalue weighted by atomic mass is 10.2. The lowest BCUT2D eigenvalue weighted by molar-refractivity contribution is -0.123. The average Bonchev–Trinajstić information content (AvgIpc) is 2.61. The fourth-order valence-electron chi connectivity index (χ4n) is 2.18. The normalized spacial score (nSPS) is 12.8. The summed E-state index contributed by atoms with van der Waals surface area (Å²) in [5.41, 5.74) is 0.524. The number of benzene rings is 2. The highest BCUT2D eigenvalue weighted by atomic mass is 35.5. The second-order valence-corrected chi connectivity index (χ2v) is 7.12. The van der Waals surface area contributed by atoms with E-state index in [-0.39, 0.29) is 5.56 Å². The SMILES string of the molecule is COc1ccc(Cl)cc1NC(=O)[C@@H](C)OC(=O)c1ccccc1[S@](C)=O. The second kappa shape index (κ2) is 8.82. The number of carbonyl (C=O) groups excluding carboxylic acids is 2. The highest BCUT2D eigenvalue weighted by Gasteiger charge is 2.22. The van der Waals surface area contributed by atoms with Gasteiger partial charge < -0.3 is 14.8 Å². The fraction of sp³-hybridized carbons (Fsp3) is 0.222. The molecule has 2 aromatic rings. The van der Waals surface area contributed by atoms with Crippen LogP contribution in [0.5, 0.6) is 5.75 Å². The first-order valence-corrected chi connectivity index (χ1v) is 9.55. The number of hydrogen-bond donors (Lipinski definition) is 1. The van der Waals surface area contributed by atoms with Crippen molar-refractivity contribution in [3.63, 3.8) is 0 Å². The van der Waals surface area contributed by atoms with E-state index in [2.05, 4.69) is 5.32 Å². The Morgan fingerprint density at radius 3 is 2.54 bits per heavy atom. The van der Waals surface area contributed by atoms with Crippen molar-refractivity contribution < 1.29 is 23.3 Å². The smallest absolute Gasteiger partial charge is 0.340 e. The zero-order valence-electron chi connectivity index (χ0n) is 14.4. The molecule has 0 saturated heterocycles. The van der Waals surface area contributed by atoms with Gasteiger partial charge in [-0.05, 0) is 37.3 Å². The number of ether oxygens (including phenoxy) is 2. The van der Waals surface area contributed by atoms with Gasteiger partial charge in [-0.2, -0.15) is 0 Å². The van der Waals surface area contributed by atoms with Gasteiger partial charge in [0.2, 0.25) is 0 Å². The predicted molar refractivity (Wildman–Crippen MR) is 100 cm³/mol. The van der Waals surface area contributed by atoms with Gasteiger partial charge in [0.05, 0.1) is 34.1 Å². The van der Waals surface area contributed by atoms with E-state index in [4.69, 9.17) is 21.1 Å². The highest BCUT2D eigenvalue weighted by molar-refractivity contribution is 7.84. The monoisotopic (exact) mass is 395 g/mol. The van der Waals surface area contributed by atoms with Crippen LogP contribution in [0.15, 0.2) is 47.4 Å². The minimum Gasteiger partial charge on any atom is -0.495 e. The van der Waals surface area contributed by atoms with E-state index in [0.717, 1.165) is 0 Å². The number of amides is 1. The van der Waals surface area contributed by atoms with Crippen LogP contribution in [-0.4, -0.2) is 35.6 Å². The highest BCUT2D eigenvalue weighted by Crippen LogP contribution is 2.28. The summed E-state index contributed by atoms with van der Waals surface area (Å²) < 4.78 is 22.1. The van der Waals surface area contributed by atoms with Gasteiger partial charge in [-0.3, -0.25) is 9.00 Å². The molecule has 1 amide bonds. The second-order valence-electron chi connectivity index (χ2n) is 5.33. The number of halogens is 1. The van der Waals surface area contributed by atoms with E-state index in [1.54, 1.807) is 30.3 Å². The Balaban J connectivity index is 2.11. The molecule has 0 radical (unpaired) electrons. The van der Waals surface area contributed by atoms with Gasteiger partial charge in [-0.25, -0.2) is 4.79 Å². The molecule has 1 N–H and O–H groups in total. The van der Waals surface area contributed by atoms with Crippen LogP contribution in [0.25, 0.3) is 0 Å². The summed E-state index contributed by atoms with van der Waals surface area (Å²) >= 11 is 5.93. The van der Waals surface area contributed by atoms with E-state index in [1.165, 1.54) is 32.4 Å². The molecule has 0 fully saturated rings. The molecule has 0 unspecified atom stereocenters. The third-order valence-corrected chi connectivity index (χ3v) is 4.70. The van der Waals surface area contributed by atoms with Gasteiger partial charge >= 0.3 is 5.97 Å². The Morgan fingerprint density at radius 2 is 1.88 bits per heavy atom. The van der Waals surface area contributed by atoms with Gasteiger partial charge in [0.25, 0.3) is 5.91 Å². The van der Waals surface area contributed by atoms with Crippen LogP contribution in [0, 0.1) is 0 Å². The standard InChI is InChI=1S/C18H18ClNO5S/c1-11(17(21)20-14-10-12(19)8-9-15(14)24-2)25-18(22)13-6-4-5-7-16(13)26(3)23/h4-11H,1-3H3,(H,20,21)/t11-,26+/m1/s1. The molecule has 0 aliphatic rings. The maximum absolute atomic E-state index is 12.3. The maximum atomic E-state index is 12.3. The molecule has 2 atom stereocenters. The lowest BCUT2D eigenvalue weighted by Crippen LogP contribution is -2.30. The topological polar surface area (TPSA) is 81.7 Å². The zero-order chi connectivity index (χ0) is 19.3. The average molecular weight is 396 g/mol. The first kappa shape index (κ1) is 19.9. The molecule has 0 spiro atoms. The summed E-state index contributed by atoms with van der Waals surface area (Å²) in [4.78, 5) is 25.0. The Labute approximate surface area is 158 Å². The molecule has 8 heteroatoms. The molecule has 0 heterocycles. The number of hydrogen-bond acceptors (Lipinski definition) is 5. The predicted octanol–water partition coefficient (Wildman–Crippen LogP) is 3.27. The van der Waals surface area contributed by atoms with Crippen LogP contribution >= 0.6 is 11.6 Å². The van der Waals surface area contributed by atoms with Gasteiger partial charge in [0.1, 0.15) is 5.75 Å². The summed E-state index contributed by atoms with van der Waals surface area (Å²) in [6.07, 6.45) is 0.387. The largest absolute Gasteiger partial charge is 0.495 e. The Bertz CT molecular complexity index is 855. The summed E-state index contributed by atoms with van der Waals surface area (Å²) in [5, 5.41) is 3.03. The van der Waals surface area contributed by atoms with Crippen LogP contribution in [0.1, 0.15) is 17.3 Å². The number of nitrogens with one attached hydrogen (secondary N) is 1. The summed E-state index contributed by atoms with van der Waals surface area (Å²) in [5.74, 6) is -0.849. The van der Waals surface area contributed by atoms with Crippen molar-refractivity contribution in [3.05, 3.63) is 53.1 Å². The molecule has 138 valence electrons.